The number of rotatable bonds is 8. The van der Waals surface area contributed by atoms with Gasteiger partial charge in [0.25, 0.3) is 11.8 Å². The molecule has 1 heterocycles. The van der Waals surface area contributed by atoms with Crippen LogP contribution in [0, 0.1) is 5.82 Å². The minimum atomic E-state index is -1.10. The van der Waals surface area contributed by atoms with Crippen molar-refractivity contribution in [3.05, 3.63) is 98.9 Å². The van der Waals surface area contributed by atoms with Crippen LogP contribution in [0.2, 0.25) is 10.0 Å². The van der Waals surface area contributed by atoms with Crippen LogP contribution in [0.4, 0.5) is 4.39 Å². The van der Waals surface area contributed by atoms with E-state index < -0.39 is 29.4 Å². The number of hydrogen-bond acceptors (Lipinski definition) is 5. The first-order valence-corrected chi connectivity index (χ1v) is 12.1. The smallest absolute Gasteiger partial charge is 0.303 e. The van der Waals surface area contributed by atoms with Crippen LogP contribution in [0.1, 0.15) is 49.6 Å². The Labute approximate surface area is 231 Å². The highest BCUT2D eigenvalue weighted by Crippen LogP contribution is 2.28. The molecule has 0 radical (unpaired) electrons. The number of hydrogen-bond donors (Lipinski definition) is 5. The summed E-state index contributed by atoms with van der Waals surface area (Å²) in [5.74, 6) is -3.34. The van der Waals surface area contributed by atoms with Gasteiger partial charge in [0.2, 0.25) is 0 Å². The fourth-order valence-corrected chi connectivity index (χ4v) is 4.24. The molecule has 2 amide bonds. The summed E-state index contributed by atoms with van der Waals surface area (Å²) in [6.07, 6.45) is -0.574. The van der Waals surface area contributed by atoms with Crippen LogP contribution in [-0.2, 0) is 11.3 Å². The summed E-state index contributed by atoms with van der Waals surface area (Å²) in [6.45, 7) is 0.182. The SMILES string of the molecule is NC(=O)c1[nH]c2ccccc2c1F.O=C(O)CCC(=O)c1c(Cl)cc(C(=O)NCc2cccc(O)c2)cc1Cl. The molecule has 0 fully saturated rings. The van der Waals surface area contributed by atoms with Gasteiger partial charge in [0.15, 0.2) is 11.6 Å². The molecule has 3 aromatic carbocycles. The zero-order chi connectivity index (χ0) is 28.7. The average Bonchev–Trinajstić information content (AvgIpc) is 3.23. The molecular weight excluding hydrogens is 552 g/mol. The Morgan fingerprint density at radius 3 is 2.21 bits per heavy atom. The molecule has 0 bridgehead atoms. The first-order valence-electron chi connectivity index (χ1n) is 11.3. The molecule has 4 rings (SSSR count). The van der Waals surface area contributed by atoms with E-state index in [0.29, 0.717) is 16.5 Å². The lowest BCUT2D eigenvalue weighted by atomic mass is 10.0. The van der Waals surface area contributed by atoms with E-state index in [2.05, 4.69) is 10.3 Å². The molecule has 0 aliphatic carbocycles. The number of phenols is 1. The number of phenolic OH excluding ortho intramolecular Hbond substituents is 1. The monoisotopic (exact) mass is 573 g/mol. The summed E-state index contributed by atoms with van der Waals surface area (Å²) in [5, 5.41) is 21.1. The van der Waals surface area contributed by atoms with Gasteiger partial charge in [0, 0.05) is 29.4 Å². The molecule has 0 saturated carbocycles. The molecular formula is C27H22Cl2FN3O6. The Balaban J connectivity index is 0.000000268. The van der Waals surface area contributed by atoms with Gasteiger partial charge < -0.3 is 26.2 Å². The van der Waals surface area contributed by atoms with Crippen LogP contribution in [0.5, 0.6) is 5.75 Å². The van der Waals surface area contributed by atoms with Gasteiger partial charge in [-0.3, -0.25) is 19.2 Å². The number of carboxylic acids is 1. The Morgan fingerprint density at radius 2 is 1.62 bits per heavy atom. The molecule has 12 heteroatoms. The van der Waals surface area contributed by atoms with Gasteiger partial charge in [-0.2, -0.15) is 0 Å². The van der Waals surface area contributed by atoms with Crippen LogP contribution in [0.25, 0.3) is 10.9 Å². The molecule has 0 saturated heterocycles. The van der Waals surface area contributed by atoms with Crippen molar-refractivity contribution >= 4 is 57.7 Å². The number of amides is 2. The number of H-pyrrole nitrogens is 1. The van der Waals surface area contributed by atoms with Crippen molar-refractivity contribution in [2.75, 3.05) is 0 Å². The minimum absolute atomic E-state index is 0.000819. The molecule has 0 unspecified atom stereocenters. The number of benzene rings is 3. The second kappa shape index (κ2) is 12.9. The highest BCUT2D eigenvalue weighted by atomic mass is 35.5. The third kappa shape index (κ3) is 7.56. The number of aromatic hydroxyl groups is 1. The molecule has 0 spiro atoms. The Hall–Kier alpha value is -4.41. The number of nitrogens with one attached hydrogen (secondary N) is 2. The predicted octanol–water partition coefficient (Wildman–Crippen LogP) is 5.08. The highest BCUT2D eigenvalue weighted by molar-refractivity contribution is 6.40. The standard InChI is InChI=1S/C18H15Cl2NO5.C9H7FN2O/c19-13-7-11(8-14(20)17(13)15(23)4-5-16(24)25)18(26)21-9-10-2-1-3-12(22)6-10;10-7-5-3-1-2-4-6(5)12-8(7)9(11)13/h1-3,6-8,22H,4-5,9H2,(H,21,26)(H,24,25);1-4,12H,(H2,11,13). The third-order valence-corrected chi connectivity index (χ3v) is 6.00. The maximum absolute atomic E-state index is 13.3. The maximum atomic E-state index is 13.3. The lowest BCUT2D eigenvalue weighted by Gasteiger charge is -2.10. The zero-order valence-corrected chi connectivity index (χ0v) is 21.6. The van der Waals surface area contributed by atoms with E-state index in [9.17, 15) is 28.7 Å². The van der Waals surface area contributed by atoms with Crippen molar-refractivity contribution in [3.63, 3.8) is 0 Å². The molecule has 4 aromatic rings. The van der Waals surface area contributed by atoms with Crippen LogP contribution in [0.15, 0.2) is 60.7 Å². The van der Waals surface area contributed by atoms with E-state index in [1.807, 2.05) is 0 Å². The predicted molar refractivity (Wildman–Crippen MR) is 144 cm³/mol. The number of aliphatic carboxylic acids is 1. The third-order valence-electron chi connectivity index (χ3n) is 5.40. The number of carbonyl (C=O) groups is 4. The lowest BCUT2D eigenvalue weighted by molar-refractivity contribution is -0.136. The largest absolute Gasteiger partial charge is 0.508 e. The van der Waals surface area contributed by atoms with Crippen LogP contribution < -0.4 is 11.1 Å². The number of primary amides is 1. The Kier molecular flexibility index (Phi) is 9.64. The van der Waals surface area contributed by atoms with Gasteiger partial charge >= 0.3 is 5.97 Å². The topological polar surface area (TPSA) is 163 Å². The summed E-state index contributed by atoms with van der Waals surface area (Å²) >= 11 is 12.1. The van der Waals surface area contributed by atoms with Gasteiger partial charge in [-0.25, -0.2) is 4.39 Å². The van der Waals surface area contributed by atoms with E-state index in [0.717, 1.165) is 0 Å². The maximum Gasteiger partial charge on any atom is 0.303 e. The zero-order valence-electron chi connectivity index (χ0n) is 20.1. The Bertz CT molecular complexity index is 1550. The first-order chi connectivity index (χ1) is 18.5. The average molecular weight is 574 g/mol. The van der Waals surface area contributed by atoms with Gasteiger partial charge in [-0.15, -0.1) is 0 Å². The van der Waals surface area contributed by atoms with Crippen LogP contribution >= 0.6 is 23.2 Å². The normalized spacial score (nSPS) is 10.4. The van der Waals surface area contributed by atoms with Crippen LogP contribution in [-0.4, -0.2) is 38.8 Å². The number of fused-ring (bicyclic) bond motifs is 1. The number of nitrogens with two attached hydrogens (primary N) is 1. The molecule has 9 nitrogen and oxygen atoms in total. The van der Waals surface area contributed by atoms with Crippen molar-refractivity contribution in [1.82, 2.24) is 10.3 Å². The van der Waals surface area contributed by atoms with E-state index in [1.54, 1.807) is 36.4 Å². The van der Waals surface area contributed by atoms with Crippen molar-refractivity contribution in [2.24, 2.45) is 5.73 Å². The fourth-order valence-electron chi connectivity index (χ4n) is 3.54. The summed E-state index contributed by atoms with van der Waals surface area (Å²) < 4.78 is 13.3. The number of aromatic amines is 1. The van der Waals surface area contributed by atoms with Crippen molar-refractivity contribution < 1.29 is 33.8 Å². The second-order valence-corrected chi connectivity index (χ2v) is 9.02. The number of para-hydroxylation sites is 1. The van der Waals surface area contributed by atoms with E-state index in [1.165, 1.54) is 24.3 Å². The van der Waals surface area contributed by atoms with E-state index >= 15 is 0 Å². The lowest BCUT2D eigenvalue weighted by Crippen LogP contribution is -2.23. The van der Waals surface area contributed by atoms with Crippen LogP contribution in [0.3, 0.4) is 0 Å². The second-order valence-electron chi connectivity index (χ2n) is 8.21. The number of Topliss-reactive ketones (excluding diaryl/α,β-unsaturated/α-hetero) is 1. The molecule has 0 aliphatic heterocycles. The number of carbonyl (C=O) groups excluding carboxylic acids is 3. The van der Waals surface area contributed by atoms with E-state index in [4.69, 9.17) is 34.0 Å². The molecule has 6 N–H and O–H groups in total. The molecule has 202 valence electrons. The number of carboxylic acid groups (broad SMARTS) is 1. The number of ketones is 1. The molecule has 0 aliphatic rings. The van der Waals surface area contributed by atoms with E-state index in [-0.39, 0.29) is 52.0 Å². The van der Waals surface area contributed by atoms with Crippen molar-refractivity contribution in [2.45, 2.75) is 19.4 Å². The molecule has 1 aromatic heterocycles. The van der Waals surface area contributed by atoms with Gasteiger partial charge in [0.1, 0.15) is 11.4 Å². The van der Waals surface area contributed by atoms with Gasteiger partial charge in [0.05, 0.1) is 22.0 Å². The quantitative estimate of drug-likeness (QED) is 0.184. The first kappa shape index (κ1) is 29.2. The van der Waals surface area contributed by atoms with Crippen molar-refractivity contribution in [1.29, 1.82) is 0 Å². The Morgan fingerprint density at radius 1 is 0.949 bits per heavy atom. The summed E-state index contributed by atoms with van der Waals surface area (Å²) in [7, 11) is 0. The minimum Gasteiger partial charge on any atom is -0.508 e. The molecule has 39 heavy (non-hydrogen) atoms. The summed E-state index contributed by atoms with van der Waals surface area (Å²) in [5.41, 5.74) is 6.25. The summed E-state index contributed by atoms with van der Waals surface area (Å²) in [6, 6.07) is 15.8. The summed E-state index contributed by atoms with van der Waals surface area (Å²) in [4.78, 5) is 48.2. The number of halogens is 3. The highest BCUT2D eigenvalue weighted by Gasteiger charge is 2.19. The molecule has 0 atom stereocenters. The number of aromatic nitrogens is 1. The van der Waals surface area contributed by atoms with Crippen molar-refractivity contribution in [3.8, 4) is 5.75 Å². The fraction of sp³-hybridized carbons (Fsp3) is 0.111. The van der Waals surface area contributed by atoms with Gasteiger partial charge in [-0.1, -0.05) is 47.5 Å². The van der Waals surface area contributed by atoms with Gasteiger partial charge in [-0.05, 0) is 42.0 Å².